The Bertz CT molecular complexity index is 728. The minimum absolute atomic E-state index is 0.0873. The molecule has 0 fully saturated rings. The molecular formula is C15H19N3O3S. The van der Waals surface area contributed by atoms with E-state index >= 15 is 0 Å². The summed E-state index contributed by atoms with van der Waals surface area (Å²) < 4.78 is 34.0. The van der Waals surface area contributed by atoms with Gasteiger partial charge < -0.3 is 9.30 Å². The van der Waals surface area contributed by atoms with Gasteiger partial charge in [0, 0.05) is 24.2 Å². The Morgan fingerprint density at radius 1 is 1.27 bits per heavy atom. The lowest BCUT2D eigenvalue weighted by atomic mass is 10.3. The lowest BCUT2D eigenvalue weighted by Gasteiger charge is -2.23. The number of fused-ring (bicyclic) bond motifs is 1. The molecule has 0 saturated heterocycles. The maximum atomic E-state index is 12.3. The van der Waals surface area contributed by atoms with Gasteiger partial charge in [-0.05, 0) is 25.1 Å². The molecule has 1 atom stereocenters. The molecule has 22 heavy (non-hydrogen) atoms. The van der Waals surface area contributed by atoms with E-state index in [4.69, 9.17) is 4.74 Å². The van der Waals surface area contributed by atoms with Gasteiger partial charge in [-0.15, -0.1) is 0 Å². The molecule has 7 heteroatoms. The first kappa shape index (κ1) is 15.1. The van der Waals surface area contributed by atoms with Gasteiger partial charge in [0.05, 0.1) is 25.4 Å². The van der Waals surface area contributed by atoms with E-state index in [1.54, 1.807) is 19.2 Å². The number of ether oxygens (including phenoxy) is 1. The number of hydrogen-bond donors (Lipinski definition) is 0. The van der Waals surface area contributed by atoms with Crippen molar-refractivity contribution in [2.45, 2.75) is 26.1 Å². The van der Waals surface area contributed by atoms with Gasteiger partial charge in [0.2, 0.25) is 15.9 Å². The highest BCUT2D eigenvalue weighted by Gasteiger charge is 2.29. The van der Waals surface area contributed by atoms with Gasteiger partial charge in [-0.25, -0.2) is 13.4 Å². The number of pyridine rings is 1. The van der Waals surface area contributed by atoms with Crippen LogP contribution in [0.15, 0.2) is 42.7 Å². The molecule has 1 unspecified atom stereocenters. The molecule has 0 amide bonds. The van der Waals surface area contributed by atoms with E-state index in [-0.39, 0.29) is 11.9 Å². The van der Waals surface area contributed by atoms with Crippen LogP contribution >= 0.6 is 0 Å². The quantitative estimate of drug-likeness (QED) is 0.856. The summed E-state index contributed by atoms with van der Waals surface area (Å²) in [5.41, 5.74) is 0.976. The third-order valence-electron chi connectivity index (χ3n) is 3.75. The van der Waals surface area contributed by atoms with Crippen molar-refractivity contribution in [2.24, 2.45) is 0 Å². The molecule has 0 aliphatic carbocycles. The lowest BCUT2D eigenvalue weighted by molar-refractivity contribution is 0.154. The molecule has 1 aliphatic rings. The second kappa shape index (κ2) is 6.10. The average Bonchev–Trinajstić information content (AvgIpc) is 2.87. The Labute approximate surface area is 130 Å². The molecule has 0 spiro atoms. The van der Waals surface area contributed by atoms with Crippen LogP contribution in [0.5, 0.6) is 5.88 Å². The molecular weight excluding hydrogens is 302 g/mol. The van der Waals surface area contributed by atoms with Gasteiger partial charge >= 0.3 is 0 Å². The molecule has 3 rings (SSSR count). The second-order valence-corrected chi connectivity index (χ2v) is 7.51. The summed E-state index contributed by atoms with van der Waals surface area (Å²) in [6.07, 6.45) is 3.34. The molecule has 0 bridgehead atoms. The zero-order valence-electron chi connectivity index (χ0n) is 12.4. The van der Waals surface area contributed by atoms with E-state index in [1.165, 1.54) is 4.31 Å². The Morgan fingerprint density at radius 3 is 2.86 bits per heavy atom. The molecule has 0 radical (unpaired) electrons. The Balaban J connectivity index is 1.87. The van der Waals surface area contributed by atoms with Crippen molar-refractivity contribution in [2.75, 3.05) is 12.3 Å². The van der Waals surface area contributed by atoms with Crippen LogP contribution in [0.4, 0.5) is 0 Å². The van der Waals surface area contributed by atoms with Gasteiger partial charge in [-0.3, -0.25) is 0 Å². The van der Waals surface area contributed by atoms with E-state index in [2.05, 4.69) is 4.98 Å². The van der Waals surface area contributed by atoms with Gasteiger partial charge in [-0.1, -0.05) is 6.07 Å². The average molecular weight is 321 g/mol. The maximum Gasteiger partial charge on any atom is 0.214 e. The summed E-state index contributed by atoms with van der Waals surface area (Å²) >= 11 is 0. The summed E-state index contributed by atoms with van der Waals surface area (Å²) in [5.74, 6) is 0.598. The number of sulfonamides is 1. The summed E-state index contributed by atoms with van der Waals surface area (Å²) in [4.78, 5) is 4.16. The predicted molar refractivity (Wildman–Crippen MR) is 83.0 cm³/mol. The number of hydrogen-bond acceptors (Lipinski definition) is 4. The van der Waals surface area contributed by atoms with Crippen molar-refractivity contribution in [3.63, 3.8) is 0 Å². The second-order valence-electron chi connectivity index (χ2n) is 5.25. The number of nitrogens with zero attached hydrogens (tertiary/aromatic N) is 3. The SMILES string of the molecule is CCS(=O)(=O)N1Cc2cccn2CC(Oc2ccccn2)C1. The largest absolute Gasteiger partial charge is 0.471 e. The molecule has 0 saturated carbocycles. The molecule has 2 aromatic rings. The highest BCUT2D eigenvalue weighted by atomic mass is 32.2. The van der Waals surface area contributed by atoms with Crippen molar-refractivity contribution in [3.05, 3.63) is 48.4 Å². The minimum atomic E-state index is -3.27. The van der Waals surface area contributed by atoms with E-state index < -0.39 is 10.0 Å². The fourth-order valence-electron chi connectivity index (χ4n) is 2.58. The first-order valence-corrected chi connectivity index (χ1v) is 8.89. The monoisotopic (exact) mass is 321 g/mol. The van der Waals surface area contributed by atoms with Crippen molar-refractivity contribution in [1.82, 2.24) is 13.9 Å². The normalized spacial score (nSPS) is 19.4. The van der Waals surface area contributed by atoms with Crippen LogP contribution in [0.25, 0.3) is 0 Å². The van der Waals surface area contributed by atoms with Gasteiger partial charge in [0.15, 0.2) is 0 Å². The summed E-state index contributed by atoms with van der Waals surface area (Å²) in [5, 5.41) is 0. The molecule has 0 N–H and O–H groups in total. The summed E-state index contributed by atoms with van der Waals surface area (Å²) in [6, 6.07) is 9.31. The van der Waals surface area contributed by atoms with Gasteiger partial charge in [-0.2, -0.15) is 4.31 Å². The van der Waals surface area contributed by atoms with E-state index in [0.29, 0.717) is 25.5 Å². The van der Waals surface area contributed by atoms with Crippen LogP contribution in [0, 0.1) is 0 Å². The predicted octanol–water partition coefficient (Wildman–Crippen LogP) is 1.50. The zero-order chi connectivity index (χ0) is 15.6. The Morgan fingerprint density at radius 2 is 2.14 bits per heavy atom. The number of aromatic nitrogens is 2. The molecule has 3 heterocycles. The molecule has 1 aliphatic heterocycles. The van der Waals surface area contributed by atoms with Crippen molar-refractivity contribution in [1.29, 1.82) is 0 Å². The maximum absolute atomic E-state index is 12.3. The van der Waals surface area contributed by atoms with Crippen molar-refractivity contribution < 1.29 is 13.2 Å². The van der Waals surface area contributed by atoms with E-state index in [1.807, 2.05) is 35.0 Å². The molecule has 6 nitrogen and oxygen atoms in total. The zero-order valence-corrected chi connectivity index (χ0v) is 13.2. The highest BCUT2D eigenvalue weighted by molar-refractivity contribution is 7.89. The number of rotatable bonds is 4. The molecule has 0 aromatic carbocycles. The Kier molecular flexibility index (Phi) is 4.17. The smallest absolute Gasteiger partial charge is 0.214 e. The first-order valence-electron chi connectivity index (χ1n) is 7.28. The van der Waals surface area contributed by atoms with Crippen molar-refractivity contribution in [3.8, 4) is 5.88 Å². The van der Waals surface area contributed by atoms with Gasteiger partial charge in [0.25, 0.3) is 0 Å². The fraction of sp³-hybridized carbons (Fsp3) is 0.400. The fourth-order valence-corrected chi connectivity index (χ4v) is 3.66. The summed E-state index contributed by atoms with van der Waals surface area (Å²) in [7, 11) is -3.27. The standard InChI is InChI=1S/C15H19N3O3S/c1-2-22(19,20)18-10-13-6-5-9-17(13)11-14(12-18)21-15-7-3-4-8-16-15/h3-9,14H,2,10-12H2,1H3. The van der Waals surface area contributed by atoms with Crippen molar-refractivity contribution >= 4 is 10.0 Å². The molecule has 2 aromatic heterocycles. The molecule has 118 valence electrons. The van der Waals surface area contributed by atoms with Crippen LogP contribution in [-0.4, -0.2) is 40.7 Å². The minimum Gasteiger partial charge on any atom is -0.471 e. The van der Waals surface area contributed by atoms with Crippen LogP contribution in [0.3, 0.4) is 0 Å². The lowest BCUT2D eigenvalue weighted by Crippen LogP contribution is -2.39. The van der Waals surface area contributed by atoms with Crippen LogP contribution in [-0.2, 0) is 23.1 Å². The van der Waals surface area contributed by atoms with Gasteiger partial charge in [0.1, 0.15) is 6.10 Å². The highest BCUT2D eigenvalue weighted by Crippen LogP contribution is 2.19. The van der Waals surface area contributed by atoms with E-state index in [0.717, 1.165) is 5.69 Å². The van der Waals surface area contributed by atoms with Crippen LogP contribution in [0.1, 0.15) is 12.6 Å². The van der Waals surface area contributed by atoms with Crippen LogP contribution in [0.2, 0.25) is 0 Å². The van der Waals surface area contributed by atoms with Crippen LogP contribution < -0.4 is 4.74 Å². The van der Waals surface area contributed by atoms with E-state index in [9.17, 15) is 8.42 Å². The topological polar surface area (TPSA) is 64.4 Å². The third kappa shape index (κ3) is 3.15. The third-order valence-corrected chi connectivity index (χ3v) is 5.55. The first-order chi connectivity index (χ1) is 10.6. The summed E-state index contributed by atoms with van der Waals surface area (Å²) in [6.45, 7) is 2.97. The Hall–Kier alpha value is -1.86.